The molecule has 0 saturated carbocycles. The van der Waals surface area contributed by atoms with E-state index in [9.17, 15) is 4.79 Å². The standard InChI is InChI=1S/C11H12O3/c1-14-11(13)10(8-12)7-9-5-3-2-4-6-9/h2-7,12H,8H2,1H3/b10-7-. The number of hydrogen-bond acceptors (Lipinski definition) is 3. The topological polar surface area (TPSA) is 46.5 Å². The van der Waals surface area contributed by atoms with Crippen molar-refractivity contribution in [3.63, 3.8) is 0 Å². The van der Waals surface area contributed by atoms with Crippen molar-refractivity contribution in [1.82, 2.24) is 0 Å². The molecule has 0 fully saturated rings. The zero-order valence-electron chi connectivity index (χ0n) is 7.93. The third-order valence-electron chi connectivity index (χ3n) is 1.76. The van der Waals surface area contributed by atoms with Crippen molar-refractivity contribution in [3.8, 4) is 0 Å². The summed E-state index contributed by atoms with van der Waals surface area (Å²) in [5, 5.41) is 8.92. The fourth-order valence-corrected chi connectivity index (χ4v) is 1.05. The predicted octanol–water partition coefficient (Wildman–Crippen LogP) is 1.24. The minimum absolute atomic E-state index is 0.249. The summed E-state index contributed by atoms with van der Waals surface area (Å²) in [6, 6.07) is 9.29. The molecular formula is C11H12O3. The van der Waals surface area contributed by atoms with E-state index in [4.69, 9.17) is 5.11 Å². The average Bonchev–Trinajstić information content (AvgIpc) is 2.26. The van der Waals surface area contributed by atoms with Crippen LogP contribution in [0, 0.1) is 0 Å². The Morgan fingerprint density at radius 1 is 1.43 bits per heavy atom. The first-order valence-corrected chi connectivity index (χ1v) is 4.22. The first kappa shape index (κ1) is 10.5. The number of carbonyl (C=O) groups excluding carboxylic acids is 1. The molecule has 0 saturated heterocycles. The molecule has 3 nitrogen and oxygen atoms in total. The molecule has 74 valence electrons. The van der Waals surface area contributed by atoms with Crippen molar-refractivity contribution in [1.29, 1.82) is 0 Å². The van der Waals surface area contributed by atoms with Gasteiger partial charge in [0.1, 0.15) is 0 Å². The van der Waals surface area contributed by atoms with Crippen LogP contribution in [0.25, 0.3) is 6.08 Å². The van der Waals surface area contributed by atoms with Crippen LogP contribution >= 0.6 is 0 Å². The smallest absolute Gasteiger partial charge is 0.336 e. The van der Waals surface area contributed by atoms with Gasteiger partial charge in [0.05, 0.1) is 19.3 Å². The first-order chi connectivity index (χ1) is 6.77. The molecule has 0 amide bonds. The Morgan fingerprint density at radius 2 is 2.07 bits per heavy atom. The summed E-state index contributed by atoms with van der Waals surface area (Å²) in [4.78, 5) is 11.1. The highest BCUT2D eigenvalue weighted by atomic mass is 16.5. The number of aliphatic hydroxyl groups excluding tert-OH is 1. The molecule has 0 spiro atoms. The molecule has 1 N–H and O–H groups in total. The van der Waals surface area contributed by atoms with Crippen LogP contribution in [0.1, 0.15) is 5.56 Å². The second-order valence-corrected chi connectivity index (χ2v) is 2.73. The van der Waals surface area contributed by atoms with Gasteiger partial charge in [-0.2, -0.15) is 0 Å². The minimum atomic E-state index is -0.503. The third-order valence-corrected chi connectivity index (χ3v) is 1.76. The van der Waals surface area contributed by atoms with Gasteiger partial charge in [-0.25, -0.2) is 4.79 Å². The highest BCUT2D eigenvalue weighted by molar-refractivity contribution is 5.93. The summed E-state index contributed by atoms with van der Waals surface area (Å²) in [7, 11) is 1.29. The van der Waals surface area contributed by atoms with Crippen LogP contribution < -0.4 is 0 Å². The maximum Gasteiger partial charge on any atom is 0.336 e. The van der Waals surface area contributed by atoms with Crippen LogP contribution in [0.5, 0.6) is 0 Å². The number of hydrogen-bond donors (Lipinski definition) is 1. The average molecular weight is 192 g/mol. The van der Waals surface area contributed by atoms with Crippen LogP contribution in [0.4, 0.5) is 0 Å². The van der Waals surface area contributed by atoms with Gasteiger partial charge in [-0.05, 0) is 11.6 Å². The molecule has 1 rings (SSSR count). The number of rotatable bonds is 3. The molecule has 14 heavy (non-hydrogen) atoms. The van der Waals surface area contributed by atoms with E-state index in [0.29, 0.717) is 0 Å². The molecule has 0 aromatic heterocycles. The quantitative estimate of drug-likeness (QED) is 0.579. The van der Waals surface area contributed by atoms with E-state index in [1.54, 1.807) is 6.08 Å². The van der Waals surface area contributed by atoms with Gasteiger partial charge < -0.3 is 9.84 Å². The number of carbonyl (C=O) groups is 1. The summed E-state index contributed by atoms with van der Waals surface area (Å²) in [6.07, 6.45) is 1.60. The predicted molar refractivity (Wildman–Crippen MR) is 53.5 cm³/mol. The van der Waals surface area contributed by atoms with E-state index < -0.39 is 5.97 Å². The van der Waals surface area contributed by atoms with E-state index in [1.807, 2.05) is 30.3 Å². The number of methoxy groups -OCH3 is 1. The van der Waals surface area contributed by atoms with Gasteiger partial charge in [0.25, 0.3) is 0 Å². The van der Waals surface area contributed by atoms with E-state index >= 15 is 0 Å². The molecule has 0 aliphatic heterocycles. The van der Waals surface area contributed by atoms with Crippen LogP contribution in [0.3, 0.4) is 0 Å². The summed E-state index contributed by atoms with van der Waals surface area (Å²) in [5.74, 6) is -0.503. The maximum atomic E-state index is 11.1. The fourth-order valence-electron chi connectivity index (χ4n) is 1.05. The van der Waals surface area contributed by atoms with Crippen molar-refractivity contribution in [2.24, 2.45) is 0 Å². The van der Waals surface area contributed by atoms with Gasteiger partial charge in [0, 0.05) is 0 Å². The van der Waals surface area contributed by atoms with Crippen LogP contribution in [-0.2, 0) is 9.53 Å². The molecule has 1 aromatic carbocycles. The lowest BCUT2D eigenvalue weighted by Crippen LogP contribution is -2.07. The van der Waals surface area contributed by atoms with E-state index in [0.717, 1.165) is 5.56 Å². The molecule has 1 aromatic rings. The fraction of sp³-hybridized carbons (Fsp3) is 0.182. The third kappa shape index (κ3) is 2.71. The molecule has 0 aliphatic rings. The zero-order chi connectivity index (χ0) is 10.4. The lowest BCUT2D eigenvalue weighted by Gasteiger charge is -2.01. The normalized spacial score (nSPS) is 11.1. The van der Waals surface area contributed by atoms with Crippen LogP contribution in [-0.4, -0.2) is 24.8 Å². The molecule has 3 heteroatoms. The number of benzene rings is 1. The Hall–Kier alpha value is -1.61. The SMILES string of the molecule is COC(=O)/C(=C\c1ccccc1)CO. The van der Waals surface area contributed by atoms with Gasteiger partial charge >= 0.3 is 5.97 Å². The van der Waals surface area contributed by atoms with Crippen LogP contribution in [0.2, 0.25) is 0 Å². The Morgan fingerprint density at radius 3 is 2.57 bits per heavy atom. The lowest BCUT2D eigenvalue weighted by atomic mass is 10.1. The second-order valence-electron chi connectivity index (χ2n) is 2.73. The van der Waals surface area contributed by atoms with E-state index in [2.05, 4.69) is 4.74 Å². The van der Waals surface area contributed by atoms with Crippen molar-refractivity contribution >= 4 is 12.0 Å². The molecule has 0 atom stereocenters. The number of esters is 1. The zero-order valence-corrected chi connectivity index (χ0v) is 7.93. The summed E-state index contributed by atoms with van der Waals surface area (Å²) < 4.78 is 4.51. The Bertz CT molecular complexity index is 328. The van der Waals surface area contributed by atoms with Crippen molar-refractivity contribution in [3.05, 3.63) is 41.5 Å². The Balaban J connectivity index is 2.89. The highest BCUT2D eigenvalue weighted by Crippen LogP contribution is 2.07. The van der Waals surface area contributed by atoms with E-state index in [-0.39, 0.29) is 12.2 Å². The number of aliphatic hydroxyl groups is 1. The summed E-state index contributed by atoms with van der Waals surface area (Å²) in [6.45, 7) is -0.318. The summed E-state index contributed by atoms with van der Waals surface area (Å²) in [5.41, 5.74) is 1.11. The van der Waals surface area contributed by atoms with Gasteiger partial charge in [-0.3, -0.25) is 0 Å². The minimum Gasteiger partial charge on any atom is -0.466 e. The van der Waals surface area contributed by atoms with Crippen molar-refractivity contribution in [2.75, 3.05) is 13.7 Å². The molecule has 0 radical (unpaired) electrons. The lowest BCUT2D eigenvalue weighted by molar-refractivity contribution is -0.136. The summed E-state index contributed by atoms with van der Waals surface area (Å²) >= 11 is 0. The maximum absolute atomic E-state index is 11.1. The van der Waals surface area contributed by atoms with Crippen molar-refractivity contribution in [2.45, 2.75) is 0 Å². The molecule has 0 bridgehead atoms. The van der Waals surface area contributed by atoms with Gasteiger partial charge in [0.2, 0.25) is 0 Å². The van der Waals surface area contributed by atoms with Gasteiger partial charge in [-0.1, -0.05) is 30.3 Å². The molecular weight excluding hydrogens is 180 g/mol. The van der Waals surface area contributed by atoms with Crippen LogP contribution in [0.15, 0.2) is 35.9 Å². The molecule has 0 aliphatic carbocycles. The largest absolute Gasteiger partial charge is 0.466 e. The Labute approximate surface area is 82.6 Å². The second kappa shape index (κ2) is 5.19. The molecule has 0 heterocycles. The monoisotopic (exact) mass is 192 g/mol. The Kier molecular flexibility index (Phi) is 3.88. The highest BCUT2D eigenvalue weighted by Gasteiger charge is 2.07. The molecule has 0 unspecified atom stereocenters. The van der Waals surface area contributed by atoms with Gasteiger partial charge in [-0.15, -0.1) is 0 Å². The van der Waals surface area contributed by atoms with Gasteiger partial charge in [0.15, 0.2) is 0 Å². The van der Waals surface area contributed by atoms with Crippen molar-refractivity contribution < 1.29 is 14.6 Å². The number of ether oxygens (including phenoxy) is 1. The van der Waals surface area contributed by atoms with E-state index in [1.165, 1.54) is 7.11 Å². The first-order valence-electron chi connectivity index (χ1n) is 4.22.